The van der Waals surface area contributed by atoms with Crippen LogP contribution in [0.5, 0.6) is 0 Å². The van der Waals surface area contributed by atoms with Gasteiger partial charge in [-0.1, -0.05) is 38.3 Å². The maximum absolute atomic E-state index is 12.5. The highest BCUT2D eigenvalue weighted by Crippen LogP contribution is 2.42. The Morgan fingerprint density at radius 3 is 2.53 bits per heavy atom. The van der Waals surface area contributed by atoms with Crippen molar-refractivity contribution in [1.29, 1.82) is 0 Å². The average Bonchev–Trinajstić information content (AvgIpc) is 2.33. The van der Waals surface area contributed by atoms with Gasteiger partial charge in [-0.05, 0) is 31.1 Å². The standard InChI is InChI=1S/C14H25N3O2/c1-9-5-3-6-11(10(9)2)16-13(18)14(7-4-8-14)12(15)17-19/h9-11,19H,3-8H2,1-2H3,(H2,15,17)(H,16,18). The maximum Gasteiger partial charge on any atom is 0.234 e. The van der Waals surface area contributed by atoms with Crippen molar-refractivity contribution in [2.24, 2.45) is 28.1 Å². The molecule has 3 unspecified atom stereocenters. The van der Waals surface area contributed by atoms with Crippen LogP contribution in [-0.4, -0.2) is 23.0 Å². The van der Waals surface area contributed by atoms with Crippen LogP contribution in [0.15, 0.2) is 5.16 Å². The van der Waals surface area contributed by atoms with Gasteiger partial charge in [-0.25, -0.2) is 0 Å². The Morgan fingerprint density at radius 2 is 2.00 bits per heavy atom. The van der Waals surface area contributed by atoms with Crippen molar-refractivity contribution in [2.45, 2.75) is 58.4 Å². The first-order valence-corrected chi connectivity index (χ1v) is 7.30. The van der Waals surface area contributed by atoms with Gasteiger partial charge in [0.15, 0.2) is 5.84 Å². The molecule has 0 bridgehead atoms. The van der Waals surface area contributed by atoms with Crippen molar-refractivity contribution in [3.8, 4) is 0 Å². The van der Waals surface area contributed by atoms with Gasteiger partial charge < -0.3 is 16.3 Å². The molecule has 0 spiro atoms. The number of carbonyl (C=O) groups excluding carboxylic acids is 1. The van der Waals surface area contributed by atoms with Crippen LogP contribution in [0, 0.1) is 17.3 Å². The molecule has 0 aromatic heterocycles. The Bertz CT molecular complexity index is 377. The molecule has 2 rings (SSSR count). The quantitative estimate of drug-likeness (QED) is 0.315. The zero-order chi connectivity index (χ0) is 14.0. The first-order valence-electron chi connectivity index (χ1n) is 7.30. The second-order valence-electron chi connectivity index (χ2n) is 6.27. The molecule has 1 amide bonds. The minimum absolute atomic E-state index is 0.0556. The van der Waals surface area contributed by atoms with Gasteiger partial charge in [0.1, 0.15) is 5.41 Å². The van der Waals surface area contributed by atoms with Crippen LogP contribution in [0.25, 0.3) is 0 Å². The molecule has 108 valence electrons. The summed E-state index contributed by atoms with van der Waals surface area (Å²) in [7, 11) is 0. The normalized spacial score (nSPS) is 34.4. The summed E-state index contributed by atoms with van der Waals surface area (Å²) in [5.74, 6) is 1.13. The van der Waals surface area contributed by atoms with E-state index < -0.39 is 5.41 Å². The van der Waals surface area contributed by atoms with Gasteiger partial charge in [-0.3, -0.25) is 4.79 Å². The zero-order valence-electron chi connectivity index (χ0n) is 11.9. The SMILES string of the molecule is CC1CCCC(NC(=O)C2(C(N)=NO)CCC2)C1C. The summed E-state index contributed by atoms with van der Waals surface area (Å²) in [6.07, 6.45) is 5.76. The predicted molar refractivity (Wildman–Crippen MR) is 73.8 cm³/mol. The molecule has 2 saturated carbocycles. The number of hydrogen-bond acceptors (Lipinski definition) is 3. The molecule has 0 aromatic rings. The molecule has 5 heteroatoms. The van der Waals surface area contributed by atoms with E-state index in [4.69, 9.17) is 10.9 Å². The number of nitrogens with two attached hydrogens (primary N) is 1. The number of amidine groups is 1. The third-order valence-corrected chi connectivity index (χ3v) is 5.26. The van der Waals surface area contributed by atoms with Crippen LogP contribution in [0.1, 0.15) is 52.4 Å². The molecular formula is C14H25N3O2. The lowest BCUT2D eigenvalue weighted by Gasteiger charge is -2.42. The molecule has 3 atom stereocenters. The van der Waals surface area contributed by atoms with Crippen molar-refractivity contribution < 1.29 is 10.0 Å². The Labute approximate surface area is 114 Å². The van der Waals surface area contributed by atoms with E-state index in [0.717, 1.165) is 19.3 Å². The largest absolute Gasteiger partial charge is 0.409 e. The molecule has 19 heavy (non-hydrogen) atoms. The van der Waals surface area contributed by atoms with Gasteiger partial charge >= 0.3 is 0 Å². The minimum atomic E-state index is -0.755. The molecule has 2 aliphatic carbocycles. The van der Waals surface area contributed by atoms with Crippen LogP contribution in [0.3, 0.4) is 0 Å². The maximum atomic E-state index is 12.5. The topological polar surface area (TPSA) is 87.7 Å². The Balaban J connectivity index is 2.04. The first kappa shape index (κ1) is 14.2. The van der Waals surface area contributed by atoms with E-state index in [9.17, 15) is 4.79 Å². The highest BCUT2D eigenvalue weighted by molar-refractivity contribution is 6.07. The molecule has 0 radical (unpaired) electrons. The minimum Gasteiger partial charge on any atom is -0.409 e. The third kappa shape index (κ3) is 2.42. The van der Waals surface area contributed by atoms with Crippen molar-refractivity contribution >= 4 is 11.7 Å². The number of rotatable bonds is 3. The van der Waals surface area contributed by atoms with Crippen LogP contribution in [0.4, 0.5) is 0 Å². The summed E-state index contributed by atoms with van der Waals surface area (Å²) < 4.78 is 0. The van der Waals surface area contributed by atoms with Crippen LogP contribution in [0.2, 0.25) is 0 Å². The van der Waals surface area contributed by atoms with Crippen LogP contribution < -0.4 is 11.1 Å². The van der Waals surface area contributed by atoms with Gasteiger partial charge in [0.25, 0.3) is 0 Å². The molecule has 0 aromatic carbocycles. The van der Waals surface area contributed by atoms with Crippen LogP contribution >= 0.6 is 0 Å². The Kier molecular flexibility index (Phi) is 4.02. The lowest BCUT2D eigenvalue weighted by molar-refractivity contribution is -0.132. The third-order valence-electron chi connectivity index (χ3n) is 5.26. The second kappa shape index (κ2) is 5.39. The molecule has 0 heterocycles. The van der Waals surface area contributed by atoms with Crippen molar-refractivity contribution in [2.75, 3.05) is 0 Å². The van der Waals surface area contributed by atoms with Crippen molar-refractivity contribution in [3.05, 3.63) is 0 Å². The fourth-order valence-electron chi connectivity index (χ4n) is 3.32. The fraction of sp³-hybridized carbons (Fsp3) is 0.857. The van der Waals surface area contributed by atoms with E-state index in [1.165, 1.54) is 6.42 Å². The highest BCUT2D eigenvalue weighted by atomic mass is 16.4. The monoisotopic (exact) mass is 267 g/mol. The summed E-state index contributed by atoms with van der Waals surface area (Å²) in [6, 6.07) is 0.222. The predicted octanol–water partition coefficient (Wildman–Crippen LogP) is 1.84. The Hall–Kier alpha value is -1.26. The molecular weight excluding hydrogens is 242 g/mol. The van der Waals surface area contributed by atoms with E-state index in [2.05, 4.69) is 24.3 Å². The molecule has 2 fully saturated rings. The van der Waals surface area contributed by atoms with E-state index in [1.807, 2.05) is 0 Å². The van der Waals surface area contributed by atoms with Gasteiger partial charge in [0, 0.05) is 6.04 Å². The van der Waals surface area contributed by atoms with E-state index in [-0.39, 0.29) is 17.8 Å². The summed E-state index contributed by atoms with van der Waals surface area (Å²) >= 11 is 0. The lowest BCUT2D eigenvalue weighted by atomic mass is 9.66. The smallest absolute Gasteiger partial charge is 0.234 e. The van der Waals surface area contributed by atoms with Crippen molar-refractivity contribution in [1.82, 2.24) is 5.32 Å². The summed E-state index contributed by atoms with van der Waals surface area (Å²) in [4.78, 5) is 12.5. The summed E-state index contributed by atoms with van der Waals surface area (Å²) in [6.45, 7) is 4.44. The zero-order valence-corrected chi connectivity index (χ0v) is 11.9. The average molecular weight is 267 g/mol. The lowest BCUT2D eigenvalue weighted by Crippen LogP contribution is -2.57. The molecule has 0 aliphatic heterocycles. The fourth-order valence-corrected chi connectivity index (χ4v) is 3.32. The summed E-state index contributed by atoms with van der Waals surface area (Å²) in [5.41, 5.74) is 4.97. The number of oxime groups is 1. The van der Waals surface area contributed by atoms with Gasteiger partial charge in [-0.15, -0.1) is 0 Å². The second-order valence-corrected chi connectivity index (χ2v) is 6.27. The molecule has 0 saturated heterocycles. The van der Waals surface area contributed by atoms with E-state index in [1.54, 1.807) is 0 Å². The van der Waals surface area contributed by atoms with E-state index >= 15 is 0 Å². The van der Waals surface area contributed by atoms with Crippen molar-refractivity contribution in [3.63, 3.8) is 0 Å². The molecule has 2 aliphatic rings. The first-order chi connectivity index (χ1) is 9.01. The summed E-state index contributed by atoms with van der Waals surface area (Å²) in [5, 5.41) is 15.1. The number of nitrogens with zero attached hydrogens (tertiary/aromatic N) is 1. The molecule has 4 N–H and O–H groups in total. The van der Waals surface area contributed by atoms with Gasteiger partial charge in [0.05, 0.1) is 0 Å². The molecule has 5 nitrogen and oxygen atoms in total. The number of amides is 1. The van der Waals surface area contributed by atoms with Gasteiger partial charge in [0.2, 0.25) is 5.91 Å². The Morgan fingerprint density at radius 1 is 1.32 bits per heavy atom. The number of hydrogen-bond donors (Lipinski definition) is 3. The van der Waals surface area contributed by atoms with Crippen LogP contribution in [-0.2, 0) is 4.79 Å². The van der Waals surface area contributed by atoms with Gasteiger partial charge in [-0.2, -0.15) is 0 Å². The van der Waals surface area contributed by atoms with E-state index in [0.29, 0.717) is 24.7 Å². The highest BCUT2D eigenvalue weighted by Gasteiger charge is 2.49. The number of nitrogens with one attached hydrogen (secondary N) is 1. The number of carbonyl (C=O) groups is 1.